The minimum absolute atomic E-state index is 0.0244. The molecule has 0 radical (unpaired) electrons. The topological polar surface area (TPSA) is 89.0 Å². The van der Waals surface area contributed by atoms with Gasteiger partial charge in [0.25, 0.3) is 5.91 Å². The van der Waals surface area contributed by atoms with Gasteiger partial charge in [-0.1, -0.05) is 0 Å². The molecule has 1 saturated heterocycles. The Kier molecular flexibility index (Phi) is 4.05. The summed E-state index contributed by atoms with van der Waals surface area (Å²) in [4.78, 5) is 19.7. The second-order valence-corrected chi connectivity index (χ2v) is 7.20. The first kappa shape index (κ1) is 14.2. The number of nitrogens with one attached hydrogen (secondary N) is 1. The Morgan fingerprint density at radius 2 is 2.00 bits per heavy atom. The molecular weight excluding hydrogens is 290 g/mol. The van der Waals surface area contributed by atoms with Crippen molar-refractivity contribution >= 4 is 27.3 Å². The Bertz CT molecular complexity index is 569. The molecule has 0 spiro atoms. The summed E-state index contributed by atoms with van der Waals surface area (Å²) in [6.45, 7) is 1.72. The third-order valence-electron chi connectivity index (χ3n) is 2.95. The van der Waals surface area contributed by atoms with Gasteiger partial charge in [-0.05, 0) is 37.4 Å². The van der Waals surface area contributed by atoms with E-state index in [9.17, 15) is 13.2 Å². The molecule has 0 aromatic carbocycles. The lowest BCUT2D eigenvalue weighted by Gasteiger charge is -2.22. The fraction of sp³-hybridized carbons (Fsp3) is 0.545. The maximum atomic E-state index is 12.0. The Morgan fingerprint density at radius 3 is 2.58 bits per heavy atom. The molecule has 1 aliphatic rings. The van der Waals surface area contributed by atoms with Crippen LogP contribution >= 0.6 is 11.6 Å². The molecule has 1 N–H and O–H groups in total. The zero-order valence-electron chi connectivity index (χ0n) is 10.4. The number of nitrogens with zero attached hydrogens (tertiary/aromatic N) is 2. The summed E-state index contributed by atoms with van der Waals surface area (Å²) in [6, 6.07) is 1.41. The van der Waals surface area contributed by atoms with Gasteiger partial charge in [0.05, 0.1) is 11.5 Å². The van der Waals surface area contributed by atoms with Crippen LogP contribution in [0, 0.1) is 6.92 Å². The van der Waals surface area contributed by atoms with E-state index in [0.29, 0.717) is 18.5 Å². The van der Waals surface area contributed by atoms with Gasteiger partial charge in [-0.2, -0.15) is 0 Å². The molecule has 1 aliphatic heterocycles. The molecule has 0 aliphatic carbocycles. The molecule has 6 nitrogen and oxygen atoms in total. The van der Waals surface area contributed by atoms with Crippen molar-refractivity contribution in [2.24, 2.45) is 0 Å². The van der Waals surface area contributed by atoms with Gasteiger partial charge >= 0.3 is 0 Å². The Morgan fingerprint density at radius 1 is 1.37 bits per heavy atom. The van der Waals surface area contributed by atoms with E-state index in [1.54, 1.807) is 13.0 Å². The van der Waals surface area contributed by atoms with Crippen molar-refractivity contribution in [3.05, 3.63) is 22.7 Å². The molecular formula is C11H14ClN3O3S. The highest BCUT2D eigenvalue weighted by atomic mass is 35.5. The normalized spacial score (nSPS) is 19.1. The molecule has 1 aromatic rings. The van der Waals surface area contributed by atoms with Gasteiger partial charge in [0.2, 0.25) is 5.28 Å². The molecule has 0 bridgehead atoms. The van der Waals surface area contributed by atoms with Gasteiger partial charge in [0, 0.05) is 11.7 Å². The summed E-state index contributed by atoms with van der Waals surface area (Å²) in [5.41, 5.74) is 0.808. The van der Waals surface area contributed by atoms with Gasteiger partial charge in [-0.3, -0.25) is 4.79 Å². The number of carbonyl (C=O) groups excluding carboxylic acids is 1. The maximum absolute atomic E-state index is 12.0. The number of halogens is 1. The van der Waals surface area contributed by atoms with Gasteiger partial charge in [-0.15, -0.1) is 0 Å². The van der Waals surface area contributed by atoms with E-state index in [2.05, 4.69) is 15.3 Å². The summed E-state index contributed by atoms with van der Waals surface area (Å²) in [5.74, 6) is -0.125. The van der Waals surface area contributed by atoms with Crippen molar-refractivity contribution < 1.29 is 13.2 Å². The van der Waals surface area contributed by atoms with Crippen LogP contribution in [0.25, 0.3) is 0 Å². The summed E-state index contributed by atoms with van der Waals surface area (Å²) >= 11 is 5.69. The number of sulfone groups is 1. The fourth-order valence-corrected chi connectivity index (χ4v) is 3.66. The van der Waals surface area contributed by atoms with E-state index in [1.165, 1.54) is 0 Å². The first-order chi connectivity index (χ1) is 8.85. The minimum atomic E-state index is -2.93. The largest absolute Gasteiger partial charge is 0.348 e. The van der Waals surface area contributed by atoms with Crippen molar-refractivity contribution in [1.82, 2.24) is 15.3 Å². The van der Waals surface area contributed by atoms with Gasteiger partial charge in [-0.25, -0.2) is 18.4 Å². The first-order valence-electron chi connectivity index (χ1n) is 5.88. The smallest absolute Gasteiger partial charge is 0.270 e. The van der Waals surface area contributed by atoms with Crippen LogP contribution in [0.3, 0.4) is 0 Å². The molecule has 0 unspecified atom stereocenters. The van der Waals surface area contributed by atoms with Crippen LogP contribution in [-0.2, 0) is 9.84 Å². The number of rotatable bonds is 2. The molecule has 0 atom stereocenters. The van der Waals surface area contributed by atoms with Crippen LogP contribution in [0.1, 0.15) is 29.0 Å². The third-order valence-corrected chi connectivity index (χ3v) is 4.83. The van der Waals surface area contributed by atoms with Crippen molar-refractivity contribution in [1.29, 1.82) is 0 Å². The molecule has 104 valence electrons. The molecule has 8 heteroatoms. The van der Waals surface area contributed by atoms with E-state index in [0.717, 1.165) is 0 Å². The molecule has 2 heterocycles. The average Bonchev–Trinajstić information content (AvgIpc) is 2.30. The van der Waals surface area contributed by atoms with Crippen molar-refractivity contribution in [2.75, 3.05) is 11.5 Å². The number of aryl methyl sites for hydroxylation is 1. The van der Waals surface area contributed by atoms with Crippen LogP contribution in [0.4, 0.5) is 0 Å². The SMILES string of the molecule is Cc1cc(C(=O)NC2CCS(=O)(=O)CC2)nc(Cl)n1. The van der Waals surface area contributed by atoms with Crippen LogP contribution < -0.4 is 5.32 Å². The second kappa shape index (κ2) is 5.42. The zero-order chi connectivity index (χ0) is 14.0. The lowest BCUT2D eigenvalue weighted by atomic mass is 10.1. The average molecular weight is 304 g/mol. The Hall–Kier alpha value is -1.21. The monoisotopic (exact) mass is 303 g/mol. The van der Waals surface area contributed by atoms with Gasteiger partial charge in [0.1, 0.15) is 15.5 Å². The fourth-order valence-electron chi connectivity index (χ4n) is 1.94. The van der Waals surface area contributed by atoms with Crippen molar-refractivity contribution in [3.63, 3.8) is 0 Å². The van der Waals surface area contributed by atoms with E-state index in [1.807, 2.05) is 0 Å². The van der Waals surface area contributed by atoms with Crippen LogP contribution in [0.2, 0.25) is 5.28 Å². The first-order valence-corrected chi connectivity index (χ1v) is 8.08. The standard InChI is InChI=1S/C11H14ClN3O3S/c1-7-6-9(15-11(12)13-7)10(16)14-8-2-4-19(17,18)5-3-8/h6,8H,2-5H2,1H3,(H,14,16). The van der Waals surface area contributed by atoms with Gasteiger partial charge < -0.3 is 5.32 Å². The molecule has 0 saturated carbocycles. The third kappa shape index (κ3) is 3.87. The molecule has 1 fully saturated rings. The Labute approximate surface area is 116 Å². The van der Waals surface area contributed by atoms with E-state index >= 15 is 0 Å². The van der Waals surface area contributed by atoms with Crippen LogP contribution in [0.5, 0.6) is 0 Å². The predicted molar refractivity (Wildman–Crippen MR) is 70.9 cm³/mol. The minimum Gasteiger partial charge on any atom is -0.348 e. The van der Waals surface area contributed by atoms with Crippen LogP contribution in [-0.4, -0.2) is 41.8 Å². The summed E-state index contributed by atoms with van der Waals surface area (Å²) in [6.07, 6.45) is 0.873. The van der Waals surface area contributed by atoms with E-state index in [4.69, 9.17) is 11.6 Å². The van der Waals surface area contributed by atoms with Gasteiger partial charge in [0.15, 0.2) is 0 Å². The van der Waals surface area contributed by atoms with Crippen molar-refractivity contribution in [2.45, 2.75) is 25.8 Å². The number of aromatic nitrogens is 2. The number of hydrogen-bond acceptors (Lipinski definition) is 5. The molecule has 2 rings (SSSR count). The molecule has 1 aromatic heterocycles. The summed E-state index contributed by atoms with van der Waals surface area (Å²) in [5, 5.41) is 2.80. The lowest BCUT2D eigenvalue weighted by molar-refractivity contribution is 0.0929. The lowest BCUT2D eigenvalue weighted by Crippen LogP contribution is -2.41. The maximum Gasteiger partial charge on any atom is 0.270 e. The number of hydrogen-bond donors (Lipinski definition) is 1. The predicted octanol–water partition coefficient (Wildman–Crippen LogP) is 0.745. The number of amides is 1. The molecule has 19 heavy (non-hydrogen) atoms. The second-order valence-electron chi connectivity index (χ2n) is 4.56. The highest BCUT2D eigenvalue weighted by Crippen LogP contribution is 2.13. The summed E-state index contributed by atoms with van der Waals surface area (Å²) < 4.78 is 22.6. The van der Waals surface area contributed by atoms with E-state index in [-0.39, 0.29) is 34.4 Å². The van der Waals surface area contributed by atoms with E-state index < -0.39 is 9.84 Å². The highest BCUT2D eigenvalue weighted by molar-refractivity contribution is 7.91. The highest BCUT2D eigenvalue weighted by Gasteiger charge is 2.25. The molecule has 1 amide bonds. The summed E-state index contributed by atoms with van der Waals surface area (Å²) in [7, 11) is -2.93. The Balaban J connectivity index is 2.02. The van der Waals surface area contributed by atoms with Crippen molar-refractivity contribution in [3.8, 4) is 0 Å². The number of carbonyl (C=O) groups is 1. The quantitative estimate of drug-likeness (QED) is 0.814. The zero-order valence-corrected chi connectivity index (χ0v) is 12.0. The van der Waals surface area contributed by atoms with Crippen LogP contribution in [0.15, 0.2) is 6.07 Å².